The highest BCUT2D eigenvalue weighted by Gasteiger charge is 2.51. The lowest BCUT2D eigenvalue weighted by molar-refractivity contribution is 0.0830. The van der Waals surface area contributed by atoms with Crippen molar-refractivity contribution in [3.05, 3.63) is 22.8 Å². The number of nitrogens with one attached hydrogen (secondary N) is 1. The molecule has 2 bridgehead atoms. The number of pyridine rings is 1. The fraction of sp³-hybridized carbons (Fsp3) is 0.684. The van der Waals surface area contributed by atoms with Gasteiger partial charge in [0.2, 0.25) is 0 Å². The summed E-state index contributed by atoms with van der Waals surface area (Å²) >= 11 is 7.65. The van der Waals surface area contributed by atoms with Gasteiger partial charge in [0.1, 0.15) is 10.2 Å². The van der Waals surface area contributed by atoms with Crippen molar-refractivity contribution in [1.29, 1.82) is 0 Å². The van der Waals surface area contributed by atoms with Gasteiger partial charge in [0.05, 0.1) is 5.56 Å². The van der Waals surface area contributed by atoms with E-state index < -0.39 is 0 Å². The highest BCUT2D eigenvalue weighted by atomic mass is 35.5. The van der Waals surface area contributed by atoms with E-state index in [-0.39, 0.29) is 5.91 Å². The third-order valence-electron chi connectivity index (χ3n) is 6.24. The molecule has 5 heteroatoms. The molecule has 3 nitrogen and oxygen atoms in total. The Morgan fingerprint density at radius 2 is 2.08 bits per heavy atom. The Balaban J connectivity index is 1.48. The number of hydrogen-bond acceptors (Lipinski definition) is 3. The first-order valence-electron chi connectivity index (χ1n) is 9.26. The lowest BCUT2D eigenvalue weighted by Crippen LogP contribution is -2.41. The summed E-state index contributed by atoms with van der Waals surface area (Å²) < 4.78 is 0. The maximum atomic E-state index is 12.9. The number of carbonyl (C=O) groups is 1. The Morgan fingerprint density at radius 1 is 1.25 bits per heavy atom. The van der Waals surface area contributed by atoms with Crippen molar-refractivity contribution in [1.82, 2.24) is 10.3 Å². The first-order chi connectivity index (χ1) is 11.7. The first kappa shape index (κ1) is 16.7. The predicted octanol–water partition coefficient (Wildman–Crippen LogP) is 4.79. The van der Waals surface area contributed by atoms with E-state index in [0.29, 0.717) is 22.7 Å². The third-order valence-corrected chi connectivity index (χ3v) is 7.65. The molecule has 5 atom stereocenters. The van der Waals surface area contributed by atoms with Crippen LogP contribution in [0.3, 0.4) is 0 Å². The zero-order chi connectivity index (χ0) is 16.7. The van der Waals surface area contributed by atoms with Crippen LogP contribution in [0.2, 0.25) is 5.15 Å². The fourth-order valence-electron chi connectivity index (χ4n) is 5.04. The quantitative estimate of drug-likeness (QED) is 0.603. The van der Waals surface area contributed by atoms with E-state index in [1.807, 2.05) is 6.07 Å². The highest BCUT2D eigenvalue weighted by Crippen LogP contribution is 2.58. The molecule has 1 aromatic heterocycles. The standard InChI is InChI=1S/C19H25ClN2OS/c1-2-7-24-19-14(4-6-17(20)22-19)18(23)21-16-5-3-11-8-12-9-13(16)10-15(11)12/h4,6,11-13,15-16H,2-3,5,7-10H2,1H3,(H,21,23). The van der Waals surface area contributed by atoms with Crippen molar-refractivity contribution in [2.75, 3.05) is 5.75 Å². The largest absolute Gasteiger partial charge is 0.349 e. The molecule has 0 aromatic carbocycles. The van der Waals surface area contributed by atoms with Crippen LogP contribution in [0, 0.1) is 23.7 Å². The SMILES string of the molecule is CCCSc1nc(Cl)ccc1C(=O)NC1CCC2CC3CC1CC23. The van der Waals surface area contributed by atoms with Crippen LogP contribution >= 0.6 is 23.4 Å². The van der Waals surface area contributed by atoms with Gasteiger partial charge >= 0.3 is 0 Å². The number of fused-ring (bicyclic) bond motifs is 1. The third kappa shape index (κ3) is 3.08. The molecular weight excluding hydrogens is 340 g/mol. The molecule has 3 saturated carbocycles. The lowest BCUT2D eigenvalue weighted by Gasteiger charge is -2.41. The van der Waals surface area contributed by atoms with Gasteiger partial charge in [-0.05, 0) is 80.1 Å². The summed E-state index contributed by atoms with van der Waals surface area (Å²) in [5.41, 5.74) is 0.682. The molecule has 3 fully saturated rings. The molecule has 1 amide bonds. The van der Waals surface area contributed by atoms with Crippen molar-refractivity contribution < 1.29 is 4.79 Å². The molecule has 4 rings (SSSR count). The van der Waals surface area contributed by atoms with Crippen LogP contribution in [0.5, 0.6) is 0 Å². The van der Waals surface area contributed by atoms with Crippen molar-refractivity contribution >= 4 is 29.3 Å². The molecule has 1 aromatic rings. The number of rotatable bonds is 5. The van der Waals surface area contributed by atoms with Crippen LogP contribution in [0.25, 0.3) is 0 Å². The number of thioether (sulfide) groups is 1. The Hall–Kier alpha value is -0.740. The van der Waals surface area contributed by atoms with Gasteiger partial charge in [-0.2, -0.15) is 0 Å². The molecule has 1 N–H and O–H groups in total. The number of aromatic nitrogens is 1. The van der Waals surface area contributed by atoms with Crippen molar-refractivity contribution in [3.8, 4) is 0 Å². The second-order valence-corrected chi connectivity index (χ2v) is 9.11. The number of halogens is 1. The van der Waals surface area contributed by atoms with Gasteiger partial charge in [0.15, 0.2) is 0 Å². The summed E-state index contributed by atoms with van der Waals surface area (Å²) in [6.07, 6.45) is 7.58. The van der Waals surface area contributed by atoms with Crippen molar-refractivity contribution in [2.45, 2.75) is 56.5 Å². The molecule has 0 spiro atoms. The highest BCUT2D eigenvalue weighted by molar-refractivity contribution is 7.99. The molecule has 0 radical (unpaired) electrons. The molecule has 0 saturated heterocycles. The second kappa shape index (κ2) is 6.87. The molecular formula is C19H25ClN2OS. The van der Waals surface area contributed by atoms with Crippen molar-refractivity contribution in [2.24, 2.45) is 23.7 Å². The van der Waals surface area contributed by atoms with Crippen LogP contribution < -0.4 is 5.32 Å². The number of hydrogen-bond donors (Lipinski definition) is 1. The summed E-state index contributed by atoms with van der Waals surface area (Å²) in [4.78, 5) is 17.3. The Bertz CT molecular complexity index is 638. The van der Waals surface area contributed by atoms with E-state index >= 15 is 0 Å². The minimum absolute atomic E-state index is 0.0294. The summed E-state index contributed by atoms with van der Waals surface area (Å²) in [5.74, 6) is 4.52. The van der Waals surface area contributed by atoms with Crippen LogP contribution in [0.1, 0.15) is 55.8 Å². The molecule has 3 aliphatic carbocycles. The lowest BCUT2D eigenvalue weighted by atomic mass is 9.65. The van der Waals surface area contributed by atoms with Gasteiger partial charge in [-0.1, -0.05) is 18.5 Å². The van der Waals surface area contributed by atoms with Crippen LogP contribution in [-0.2, 0) is 0 Å². The van der Waals surface area contributed by atoms with Gasteiger partial charge in [-0.25, -0.2) is 4.98 Å². The van der Waals surface area contributed by atoms with Crippen LogP contribution in [0.15, 0.2) is 17.2 Å². The average molecular weight is 365 g/mol. The predicted molar refractivity (Wildman–Crippen MR) is 98.6 cm³/mol. The van der Waals surface area contributed by atoms with E-state index in [2.05, 4.69) is 17.2 Å². The van der Waals surface area contributed by atoms with Gasteiger partial charge < -0.3 is 5.32 Å². The summed E-state index contributed by atoms with van der Waals surface area (Å²) in [7, 11) is 0. The van der Waals surface area contributed by atoms with Gasteiger partial charge in [0, 0.05) is 6.04 Å². The molecule has 24 heavy (non-hydrogen) atoms. The zero-order valence-corrected chi connectivity index (χ0v) is 15.7. The van der Waals surface area contributed by atoms with Crippen molar-refractivity contribution in [3.63, 3.8) is 0 Å². The van der Waals surface area contributed by atoms with Gasteiger partial charge in [-0.15, -0.1) is 11.8 Å². The van der Waals surface area contributed by atoms with Gasteiger partial charge in [-0.3, -0.25) is 4.79 Å². The number of carbonyl (C=O) groups excluding carboxylic acids is 1. The van der Waals surface area contributed by atoms with E-state index in [4.69, 9.17) is 11.6 Å². The maximum Gasteiger partial charge on any atom is 0.254 e. The summed E-state index contributed by atoms with van der Waals surface area (Å²) in [5, 5.41) is 4.57. The second-order valence-electron chi connectivity index (χ2n) is 7.64. The van der Waals surface area contributed by atoms with E-state index in [0.717, 1.165) is 41.4 Å². The minimum atomic E-state index is 0.0294. The van der Waals surface area contributed by atoms with E-state index in [1.165, 1.54) is 25.7 Å². The average Bonchev–Trinajstić information content (AvgIpc) is 2.81. The fourth-order valence-corrected chi connectivity index (χ4v) is 6.12. The number of amides is 1. The Labute approximate surface area is 153 Å². The molecule has 130 valence electrons. The Kier molecular flexibility index (Phi) is 4.79. The van der Waals surface area contributed by atoms with Crippen LogP contribution in [-0.4, -0.2) is 22.7 Å². The topological polar surface area (TPSA) is 42.0 Å². The molecule has 5 unspecified atom stereocenters. The minimum Gasteiger partial charge on any atom is -0.349 e. The monoisotopic (exact) mass is 364 g/mol. The van der Waals surface area contributed by atoms with E-state index in [9.17, 15) is 4.79 Å². The number of nitrogens with zero attached hydrogens (tertiary/aromatic N) is 1. The maximum absolute atomic E-state index is 12.9. The summed E-state index contributed by atoms with van der Waals surface area (Å²) in [6.45, 7) is 2.13. The zero-order valence-electron chi connectivity index (χ0n) is 14.1. The molecule has 3 aliphatic rings. The summed E-state index contributed by atoms with van der Waals surface area (Å²) in [6, 6.07) is 3.89. The first-order valence-corrected chi connectivity index (χ1v) is 10.6. The smallest absolute Gasteiger partial charge is 0.254 e. The van der Waals surface area contributed by atoms with E-state index in [1.54, 1.807) is 17.8 Å². The van der Waals surface area contributed by atoms with Gasteiger partial charge in [0.25, 0.3) is 5.91 Å². The Morgan fingerprint density at radius 3 is 2.92 bits per heavy atom. The normalized spacial score (nSPS) is 33.7. The van der Waals surface area contributed by atoms with Crippen LogP contribution in [0.4, 0.5) is 0 Å². The molecule has 1 heterocycles. The molecule has 0 aliphatic heterocycles.